The van der Waals surface area contributed by atoms with Crippen molar-refractivity contribution in [1.29, 1.82) is 0 Å². The average molecular weight is 360 g/mol. The molecule has 0 saturated heterocycles. The van der Waals surface area contributed by atoms with Gasteiger partial charge in [-0.05, 0) is 26.3 Å². The standard InChI is InChI=1S/C18H20N2O6/c1-5-26-18(22)15-11(3)19-10(2)14(17(21)25-4)16(15)12-7-6-8-13(9-12)20(23)24/h6-9,15-16H,5H2,1-4H3. The Labute approximate surface area is 150 Å². The van der Waals surface area contributed by atoms with E-state index in [2.05, 4.69) is 4.99 Å². The quantitative estimate of drug-likeness (QED) is 0.454. The molecular weight excluding hydrogens is 340 g/mol. The summed E-state index contributed by atoms with van der Waals surface area (Å²) in [5.41, 5.74) is 1.39. The number of aliphatic imine (C=N–C) groups is 1. The van der Waals surface area contributed by atoms with E-state index in [4.69, 9.17) is 9.47 Å². The predicted molar refractivity (Wildman–Crippen MR) is 93.8 cm³/mol. The molecule has 2 rings (SSSR count). The highest BCUT2D eigenvalue weighted by Crippen LogP contribution is 2.40. The number of nitrogens with zero attached hydrogens (tertiary/aromatic N) is 2. The molecule has 0 saturated carbocycles. The number of hydrogen-bond donors (Lipinski definition) is 0. The van der Waals surface area contributed by atoms with E-state index in [0.29, 0.717) is 17.0 Å². The largest absolute Gasteiger partial charge is 0.466 e. The van der Waals surface area contributed by atoms with Gasteiger partial charge in [0.1, 0.15) is 5.92 Å². The summed E-state index contributed by atoms with van der Waals surface area (Å²) in [6.07, 6.45) is 0. The fourth-order valence-electron chi connectivity index (χ4n) is 3.14. The number of carbonyl (C=O) groups excluding carboxylic acids is 2. The number of allylic oxidation sites excluding steroid dienone is 1. The van der Waals surface area contributed by atoms with Crippen LogP contribution in [-0.2, 0) is 19.1 Å². The minimum Gasteiger partial charge on any atom is -0.466 e. The number of benzene rings is 1. The van der Waals surface area contributed by atoms with Crippen LogP contribution < -0.4 is 0 Å². The molecule has 1 aliphatic heterocycles. The van der Waals surface area contributed by atoms with Crippen LogP contribution in [-0.4, -0.2) is 36.3 Å². The number of nitro benzene ring substituents is 1. The number of carbonyl (C=O) groups is 2. The lowest BCUT2D eigenvalue weighted by molar-refractivity contribution is -0.384. The summed E-state index contributed by atoms with van der Waals surface area (Å²) in [5.74, 6) is -2.82. The normalized spacial score (nSPS) is 19.6. The first kappa shape index (κ1) is 19.3. The molecule has 0 bridgehead atoms. The Morgan fingerprint density at radius 1 is 1.31 bits per heavy atom. The van der Waals surface area contributed by atoms with Crippen molar-refractivity contribution in [2.45, 2.75) is 26.7 Å². The lowest BCUT2D eigenvalue weighted by atomic mass is 9.75. The van der Waals surface area contributed by atoms with E-state index in [-0.39, 0.29) is 17.9 Å². The van der Waals surface area contributed by atoms with Crippen LogP contribution in [0.25, 0.3) is 0 Å². The smallest absolute Gasteiger partial charge is 0.336 e. The molecule has 0 spiro atoms. The third kappa shape index (κ3) is 3.63. The highest BCUT2D eigenvalue weighted by atomic mass is 16.6. The highest BCUT2D eigenvalue weighted by molar-refractivity contribution is 6.07. The number of non-ortho nitro benzene ring substituents is 1. The summed E-state index contributed by atoms with van der Waals surface area (Å²) in [5, 5.41) is 11.1. The second-order valence-electron chi connectivity index (χ2n) is 5.80. The lowest BCUT2D eigenvalue weighted by Crippen LogP contribution is -2.36. The number of methoxy groups -OCH3 is 1. The molecule has 138 valence electrons. The molecule has 0 radical (unpaired) electrons. The van der Waals surface area contributed by atoms with E-state index >= 15 is 0 Å². The van der Waals surface area contributed by atoms with Gasteiger partial charge >= 0.3 is 11.9 Å². The maximum Gasteiger partial charge on any atom is 0.336 e. The monoisotopic (exact) mass is 360 g/mol. The van der Waals surface area contributed by atoms with Crippen molar-refractivity contribution >= 4 is 23.3 Å². The van der Waals surface area contributed by atoms with E-state index in [1.807, 2.05) is 0 Å². The zero-order valence-corrected chi connectivity index (χ0v) is 15.0. The van der Waals surface area contributed by atoms with Crippen LogP contribution in [0.3, 0.4) is 0 Å². The number of nitro groups is 1. The van der Waals surface area contributed by atoms with E-state index < -0.39 is 28.7 Å². The van der Waals surface area contributed by atoms with Gasteiger partial charge in [0.05, 0.1) is 24.2 Å². The maximum atomic E-state index is 12.6. The fourth-order valence-corrected chi connectivity index (χ4v) is 3.14. The minimum absolute atomic E-state index is 0.132. The first-order valence-electron chi connectivity index (χ1n) is 8.07. The van der Waals surface area contributed by atoms with Crippen molar-refractivity contribution in [2.75, 3.05) is 13.7 Å². The Morgan fingerprint density at radius 3 is 2.58 bits per heavy atom. The van der Waals surface area contributed by atoms with Gasteiger partial charge in [-0.1, -0.05) is 12.1 Å². The minimum atomic E-state index is -0.866. The summed E-state index contributed by atoms with van der Waals surface area (Å²) in [6.45, 7) is 5.16. The first-order chi connectivity index (χ1) is 12.3. The van der Waals surface area contributed by atoms with Gasteiger partial charge < -0.3 is 9.47 Å². The number of esters is 2. The van der Waals surface area contributed by atoms with Crippen molar-refractivity contribution in [2.24, 2.45) is 10.9 Å². The van der Waals surface area contributed by atoms with Crippen LogP contribution in [0.15, 0.2) is 40.5 Å². The molecule has 8 heteroatoms. The van der Waals surface area contributed by atoms with Crippen molar-refractivity contribution < 1.29 is 24.0 Å². The molecule has 0 fully saturated rings. The molecule has 1 aromatic carbocycles. The summed E-state index contributed by atoms with van der Waals surface area (Å²) in [6, 6.07) is 5.85. The van der Waals surface area contributed by atoms with Gasteiger partial charge in [-0.2, -0.15) is 0 Å². The fraction of sp³-hybridized carbons (Fsp3) is 0.389. The molecule has 2 atom stereocenters. The number of rotatable bonds is 5. The summed E-state index contributed by atoms with van der Waals surface area (Å²) in [4.78, 5) is 39.9. The SMILES string of the molecule is CCOC(=O)C1C(C)=NC(C)=C(C(=O)OC)C1c1cccc([N+](=O)[O-])c1. The van der Waals surface area contributed by atoms with E-state index in [0.717, 1.165) is 0 Å². The molecule has 0 N–H and O–H groups in total. The second-order valence-corrected chi connectivity index (χ2v) is 5.80. The predicted octanol–water partition coefficient (Wildman–Crippen LogP) is 2.78. The number of hydrogen-bond acceptors (Lipinski definition) is 7. The average Bonchev–Trinajstić information content (AvgIpc) is 2.60. The van der Waals surface area contributed by atoms with Gasteiger partial charge in [0.15, 0.2) is 0 Å². The van der Waals surface area contributed by atoms with Gasteiger partial charge in [0, 0.05) is 29.5 Å². The Balaban J connectivity index is 2.68. The first-order valence-corrected chi connectivity index (χ1v) is 8.07. The van der Waals surface area contributed by atoms with Gasteiger partial charge in [-0.25, -0.2) is 4.79 Å². The molecule has 1 aliphatic rings. The summed E-state index contributed by atoms with van der Waals surface area (Å²) < 4.78 is 10.0. The second kappa shape index (κ2) is 7.90. The van der Waals surface area contributed by atoms with E-state index in [1.165, 1.54) is 25.3 Å². The third-order valence-electron chi connectivity index (χ3n) is 4.21. The van der Waals surface area contributed by atoms with Crippen LogP contribution in [0, 0.1) is 16.0 Å². The van der Waals surface area contributed by atoms with Crippen LogP contribution in [0.5, 0.6) is 0 Å². The molecule has 0 aliphatic carbocycles. The van der Waals surface area contributed by atoms with Gasteiger partial charge in [0.2, 0.25) is 0 Å². The zero-order valence-electron chi connectivity index (χ0n) is 15.0. The molecule has 0 aromatic heterocycles. The van der Waals surface area contributed by atoms with Crippen LogP contribution in [0.1, 0.15) is 32.3 Å². The van der Waals surface area contributed by atoms with E-state index in [9.17, 15) is 19.7 Å². The number of ether oxygens (including phenoxy) is 2. The molecule has 1 heterocycles. The van der Waals surface area contributed by atoms with Gasteiger partial charge in [-0.15, -0.1) is 0 Å². The van der Waals surface area contributed by atoms with Crippen molar-refractivity contribution in [3.8, 4) is 0 Å². The Bertz CT molecular complexity index is 812. The Kier molecular flexibility index (Phi) is 5.86. The Hall–Kier alpha value is -3.03. The topological polar surface area (TPSA) is 108 Å². The van der Waals surface area contributed by atoms with Crippen LogP contribution in [0.4, 0.5) is 5.69 Å². The van der Waals surface area contributed by atoms with Crippen molar-refractivity contribution in [3.63, 3.8) is 0 Å². The molecule has 0 amide bonds. The van der Waals surface area contributed by atoms with Crippen molar-refractivity contribution in [1.82, 2.24) is 0 Å². The summed E-state index contributed by atoms with van der Waals surface area (Å²) >= 11 is 0. The Morgan fingerprint density at radius 2 is 2.00 bits per heavy atom. The third-order valence-corrected chi connectivity index (χ3v) is 4.21. The summed E-state index contributed by atoms with van der Waals surface area (Å²) in [7, 11) is 1.23. The van der Waals surface area contributed by atoms with Crippen LogP contribution >= 0.6 is 0 Å². The molecular formula is C18H20N2O6. The molecule has 26 heavy (non-hydrogen) atoms. The van der Waals surface area contributed by atoms with Crippen LogP contribution in [0.2, 0.25) is 0 Å². The van der Waals surface area contributed by atoms with E-state index in [1.54, 1.807) is 26.8 Å². The highest BCUT2D eigenvalue weighted by Gasteiger charge is 2.42. The van der Waals surface area contributed by atoms with Gasteiger partial charge in [0.25, 0.3) is 5.69 Å². The van der Waals surface area contributed by atoms with Crippen molar-refractivity contribution in [3.05, 3.63) is 51.2 Å². The molecule has 1 aromatic rings. The molecule has 8 nitrogen and oxygen atoms in total. The zero-order chi connectivity index (χ0) is 19.4. The lowest BCUT2D eigenvalue weighted by Gasteiger charge is -2.31. The maximum absolute atomic E-state index is 12.6. The van der Waals surface area contributed by atoms with Gasteiger partial charge in [-0.3, -0.25) is 19.9 Å². The molecule has 2 unspecified atom stereocenters.